The Balaban J connectivity index is 2.00. The normalized spacial score (nSPS) is 12.0. The van der Waals surface area contributed by atoms with Crippen molar-refractivity contribution in [2.45, 2.75) is 6.92 Å². The third-order valence-electron chi connectivity index (χ3n) is 4.56. The van der Waals surface area contributed by atoms with Crippen molar-refractivity contribution in [1.82, 2.24) is 4.57 Å². The summed E-state index contributed by atoms with van der Waals surface area (Å²) in [7, 11) is 0. The van der Waals surface area contributed by atoms with Crippen molar-refractivity contribution in [2.24, 2.45) is 5.16 Å². The van der Waals surface area contributed by atoms with Crippen molar-refractivity contribution in [1.29, 1.82) is 0 Å². The van der Waals surface area contributed by atoms with E-state index in [1.54, 1.807) is 19.1 Å². The van der Waals surface area contributed by atoms with Crippen molar-refractivity contribution in [3.8, 4) is 5.69 Å². The lowest BCUT2D eigenvalue weighted by Gasteiger charge is -2.08. The van der Waals surface area contributed by atoms with Gasteiger partial charge in [-0.05, 0) is 36.8 Å². The van der Waals surface area contributed by atoms with Gasteiger partial charge in [0.1, 0.15) is 0 Å². The highest BCUT2D eigenvalue weighted by Gasteiger charge is 2.15. The highest BCUT2D eigenvalue weighted by Crippen LogP contribution is 2.34. The Morgan fingerprint density at radius 2 is 1.69 bits per heavy atom. The zero-order valence-corrected chi connectivity index (χ0v) is 14.0. The summed E-state index contributed by atoms with van der Waals surface area (Å²) in [6.45, 7) is 1.73. The largest absolute Gasteiger partial charge is 0.411 e. The Kier molecular flexibility index (Phi) is 3.65. The molecule has 6 nitrogen and oxygen atoms in total. The summed E-state index contributed by atoms with van der Waals surface area (Å²) < 4.78 is 2.07. The minimum Gasteiger partial charge on any atom is -0.411 e. The number of oxime groups is 1. The zero-order chi connectivity index (χ0) is 18.3. The van der Waals surface area contributed by atoms with Crippen LogP contribution in [0.25, 0.3) is 27.5 Å². The molecule has 1 N–H and O–H groups in total. The fraction of sp³-hybridized carbons (Fsp3) is 0.0500. The van der Waals surface area contributed by atoms with Gasteiger partial charge in [0.05, 0.1) is 21.7 Å². The van der Waals surface area contributed by atoms with Crippen LogP contribution in [-0.2, 0) is 0 Å². The maximum Gasteiger partial charge on any atom is 0.270 e. The fourth-order valence-corrected chi connectivity index (χ4v) is 3.26. The van der Waals surface area contributed by atoms with Gasteiger partial charge in [0.25, 0.3) is 5.69 Å². The summed E-state index contributed by atoms with van der Waals surface area (Å²) in [6.07, 6.45) is 0. The molecule has 1 aromatic heterocycles. The summed E-state index contributed by atoms with van der Waals surface area (Å²) in [5, 5.41) is 25.1. The first-order valence-corrected chi connectivity index (χ1v) is 8.07. The zero-order valence-electron chi connectivity index (χ0n) is 14.0. The maximum atomic E-state index is 11.2. The third kappa shape index (κ3) is 2.39. The van der Waals surface area contributed by atoms with Crippen LogP contribution < -0.4 is 0 Å². The highest BCUT2D eigenvalue weighted by atomic mass is 16.6. The number of nitro benzene ring substituents is 1. The number of para-hydroxylation sites is 1. The van der Waals surface area contributed by atoms with Gasteiger partial charge in [-0.15, -0.1) is 0 Å². The number of benzene rings is 3. The number of nitrogens with zero attached hydrogens (tertiary/aromatic N) is 3. The maximum absolute atomic E-state index is 11.2. The van der Waals surface area contributed by atoms with Gasteiger partial charge in [-0.25, -0.2) is 0 Å². The van der Waals surface area contributed by atoms with E-state index in [9.17, 15) is 10.1 Å². The standard InChI is InChI=1S/C20H15N3O3/c1-13(21-24)14-6-8-15(9-7-14)22-19-5-3-2-4-17(19)18-12-16(23(25)26)10-11-20(18)22/h2-12,24H,1H3/b21-13+. The number of hydrogen-bond donors (Lipinski definition) is 1. The van der Waals surface area contributed by atoms with E-state index in [4.69, 9.17) is 5.21 Å². The van der Waals surface area contributed by atoms with E-state index in [1.165, 1.54) is 6.07 Å². The quantitative estimate of drug-likeness (QED) is 0.248. The lowest BCUT2D eigenvalue weighted by atomic mass is 10.1. The van der Waals surface area contributed by atoms with Crippen molar-refractivity contribution < 1.29 is 10.1 Å². The molecule has 0 aliphatic heterocycles. The van der Waals surface area contributed by atoms with Crippen LogP contribution >= 0.6 is 0 Å². The van der Waals surface area contributed by atoms with Crippen molar-refractivity contribution in [2.75, 3.05) is 0 Å². The van der Waals surface area contributed by atoms with Crippen LogP contribution in [0.15, 0.2) is 71.9 Å². The van der Waals surface area contributed by atoms with Crippen LogP contribution in [0, 0.1) is 10.1 Å². The van der Waals surface area contributed by atoms with Gasteiger partial charge in [-0.3, -0.25) is 10.1 Å². The predicted molar refractivity (Wildman–Crippen MR) is 101 cm³/mol. The van der Waals surface area contributed by atoms with Crippen LogP contribution in [-0.4, -0.2) is 20.4 Å². The van der Waals surface area contributed by atoms with Crippen LogP contribution in [0.1, 0.15) is 12.5 Å². The first-order chi connectivity index (χ1) is 12.6. The Morgan fingerprint density at radius 1 is 1.00 bits per heavy atom. The van der Waals surface area contributed by atoms with E-state index < -0.39 is 0 Å². The fourth-order valence-electron chi connectivity index (χ4n) is 3.26. The summed E-state index contributed by atoms with van der Waals surface area (Å²) in [5.41, 5.74) is 4.24. The van der Waals surface area contributed by atoms with Gasteiger partial charge < -0.3 is 9.77 Å². The molecule has 0 aliphatic rings. The summed E-state index contributed by atoms with van der Waals surface area (Å²) in [4.78, 5) is 10.8. The first-order valence-electron chi connectivity index (χ1n) is 8.07. The molecule has 128 valence electrons. The topological polar surface area (TPSA) is 80.7 Å². The minimum atomic E-state index is -0.378. The average molecular weight is 345 g/mol. The van der Waals surface area contributed by atoms with Crippen molar-refractivity contribution in [3.05, 3.63) is 82.4 Å². The molecule has 0 unspecified atom stereocenters. The van der Waals surface area contributed by atoms with E-state index in [0.717, 1.165) is 33.1 Å². The molecule has 3 aromatic carbocycles. The minimum absolute atomic E-state index is 0.0746. The monoisotopic (exact) mass is 345 g/mol. The van der Waals surface area contributed by atoms with Crippen LogP contribution in [0.3, 0.4) is 0 Å². The molecule has 0 aliphatic carbocycles. The molecule has 0 amide bonds. The molecule has 4 aromatic rings. The SMILES string of the molecule is C/C(=N\O)c1ccc(-n2c3ccccc3c3cc([N+](=O)[O-])ccc32)cc1. The summed E-state index contributed by atoms with van der Waals surface area (Å²) in [5.74, 6) is 0. The molecule has 4 rings (SSSR count). The average Bonchev–Trinajstić information content (AvgIpc) is 3.01. The molecule has 0 bridgehead atoms. The number of aromatic nitrogens is 1. The van der Waals surface area contributed by atoms with E-state index in [1.807, 2.05) is 48.5 Å². The van der Waals surface area contributed by atoms with Crippen LogP contribution in [0.5, 0.6) is 0 Å². The van der Waals surface area contributed by atoms with Gasteiger partial charge in [-0.2, -0.15) is 0 Å². The molecule has 0 spiro atoms. The number of hydrogen-bond acceptors (Lipinski definition) is 4. The van der Waals surface area contributed by atoms with Gasteiger partial charge >= 0.3 is 0 Å². The van der Waals surface area contributed by atoms with Gasteiger partial charge in [0.15, 0.2) is 0 Å². The van der Waals surface area contributed by atoms with Gasteiger partial charge in [0.2, 0.25) is 0 Å². The number of nitro groups is 1. The Hall–Kier alpha value is -3.67. The van der Waals surface area contributed by atoms with Crippen molar-refractivity contribution >= 4 is 33.2 Å². The van der Waals surface area contributed by atoms with Crippen molar-refractivity contribution in [3.63, 3.8) is 0 Å². The third-order valence-corrected chi connectivity index (χ3v) is 4.56. The van der Waals surface area contributed by atoms with E-state index >= 15 is 0 Å². The molecule has 26 heavy (non-hydrogen) atoms. The Labute approximate surface area is 148 Å². The molecule has 6 heteroatoms. The van der Waals surface area contributed by atoms with E-state index in [-0.39, 0.29) is 10.6 Å². The second-order valence-corrected chi connectivity index (χ2v) is 6.04. The van der Waals surface area contributed by atoms with Crippen LogP contribution in [0.4, 0.5) is 5.69 Å². The number of non-ortho nitro benzene ring substituents is 1. The highest BCUT2D eigenvalue weighted by molar-refractivity contribution is 6.10. The Bertz CT molecular complexity index is 1170. The van der Waals surface area contributed by atoms with Gasteiger partial charge in [0, 0.05) is 28.6 Å². The molecule has 0 saturated carbocycles. The van der Waals surface area contributed by atoms with Crippen LogP contribution in [0.2, 0.25) is 0 Å². The summed E-state index contributed by atoms with van der Waals surface area (Å²) in [6, 6.07) is 20.4. The van der Waals surface area contributed by atoms with Gasteiger partial charge in [-0.1, -0.05) is 35.5 Å². The lowest BCUT2D eigenvalue weighted by molar-refractivity contribution is -0.384. The molecule has 0 radical (unpaired) electrons. The first kappa shape index (κ1) is 15.8. The predicted octanol–water partition coefficient (Wildman–Crippen LogP) is 4.89. The molecular weight excluding hydrogens is 330 g/mol. The second-order valence-electron chi connectivity index (χ2n) is 6.04. The Morgan fingerprint density at radius 3 is 2.38 bits per heavy atom. The number of rotatable bonds is 3. The molecule has 0 saturated heterocycles. The lowest BCUT2D eigenvalue weighted by Crippen LogP contribution is -1.97. The number of fused-ring (bicyclic) bond motifs is 3. The summed E-state index contributed by atoms with van der Waals surface area (Å²) >= 11 is 0. The molecule has 0 atom stereocenters. The smallest absolute Gasteiger partial charge is 0.270 e. The molecule has 1 heterocycles. The molecular formula is C20H15N3O3. The second kappa shape index (κ2) is 6.00. The molecule has 0 fully saturated rings. The van der Waals surface area contributed by atoms with E-state index in [2.05, 4.69) is 9.72 Å². The van der Waals surface area contributed by atoms with E-state index in [0.29, 0.717) is 5.71 Å².